The van der Waals surface area contributed by atoms with E-state index in [0.29, 0.717) is 6.41 Å². The summed E-state index contributed by atoms with van der Waals surface area (Å²) in [6.07, 6.45) is 0.696. The molecule has 0 spiro atoms. The third-order valence-corrected chi connectivity index (χ3v) is 5.15. The summed E-state index contributed by atoms with van der Waals surface area (Å²) in [4.78, 5) is 12.7. The Balaban J connectivity index is 2.27. The summed E-state index contributed by atoms with van der Waals surface area (Å²) in [5.41, 5.74) is 0.834. The van der Waals surface area contributed by atoms with E-state index in [-0.39, 0.29) is 0 Å². The molecule has 82 valence electrons. The molecular formula is C11H8BrNOS2. The van der Waals surface area contributed by atoms with Crippen molar-refractivity contribution in [2.24, 2.45) is 0 Å². The summed E-state index contributed by atoms with van der Waals surface area (Å²) < 4.78 is 1.09. The number of hydrogen-bond donors (Lipinski definition) is 1. The molecule has 0 atom stereocenters. The van der Waals surface area contributed by atoms with E-state index in [9.17, 15) is 4.79 Å². The van der Waals surface area contributed by atoms with Crippen molar-refractivity contribution >= 4 is 51.1 Å². The largest absolute Gasteiger partial charge is 0.328 e. The van der Waals surface area contributed by atoms with Gasteiger partial charge in [0.2, 0.25) is 6.41 Å². The first kappa shape index (κ1) is 11.7. The molecule has 0 unspecified atom stereocenters. The number of rotatable bonds is 4. The number of benzene rings is 1. The van der Waals surface area contributed by atoms with Gasteiger partial charge in [-0.15, -0.1) is 0 Å². The molecule has 16 heavy (non-hydrogen) atoms. The van der Waals surface area contributed by atoms with E-state index in [1.165, 1.54) is 0 Å². The van der Waals surface area contributed by atoms with Crippen LogP contribution in [0.1, 0.15) is 0 Å². The minimum atomic E-state index is 0.696. The van der Waals surface area contributed by atoms with Crippen LogP contribution in [0.2, 0.25) is 0 Å². The summed E-state index contributed by atoms with van der Waals surface area (Å²) in [6, 6.07) is 7.73. The second-order valence-corrected chi connectivity index (χ2v) is 5.63. The van der Waals surface area contributed by atoms with Crippen LogP contribution in [-0.2, 0) is 4.79 Å². The molecule has 0 bridgehead atoms. The highest BCUT2D eigenvalue weighted by molar-refractivity contribution is 9.10. The number of para-hydroxylation sites is 1. The standard InChI is InChI=1S/C11H8BrNOS2/c12-8-5-15-6-11(8)16-10-4-2-1-3-9(10)13-7-14/h1-7H,(H,13,14). The maximum absolute atomic E-state index is 10.5. The van der Waals surface area contributed by atoms with Gasteiger partial charge in [0.15, 0.2) is 0 Å². The third-order valence-electron chi connectivity index (χ3n) is 1.90. The average molecular weight is 314 g/mol. The number of carbonyl (C=O) groups excluding carboxylic acids is 1. The van der Waals surface area contributed by atoms with E-state index >= 15 is 0 Å². The van der Waals surface area contributed by atoms with Gasteiger partial charge < -0.3 is 5.32 Å². The number of anilines is 1. The van der Waals surface area contributed by atoms with Gasteiger partial charge in [0, 0.05) is 25.0 Å². The van der Waals surface area contributed by atoms with Crippen molar-refractivity contribution in [3.63, 3.8) is 0 Å². The fourth-order valence-corrected chi connectivity index (χ4v) is 3.81. The van der Waals surface area contributed by atoms with E-state index in [1.54, 1.807) is 23.1 Å². The molecule has 1 aromatic heterocycles. The minimum Gasteiger partial charge on any atom is -0.328 e. The number of halogens is 1. The highest BCUT2D eigenvalue weighted by Gasteiger charge is 2.06. The van der Waals surface area contributed by atoms with Crippen molar-refractivity contribution in [2.75, 3.05) is 5.32 Å². The molecule has 0 saturated heterocycles. The van der Waals surface area contributed by atoms with E-state index < -0.39 is 0 Å². The molecule has 2 aromatic rings. The maximum atomic E-state index is 10.5. The number of nitrogens with one attached hydrogen (secondary N) is 1. The quantitative estimate of drug-likeness (QED) is 0.856. The van der Waals surface area contributed by atoms with Crippen LogP contribution < -0.4 is 5.32 Å². The topological polar surface area (TPSA) is 29.1 Å². The Bertz CT molecular complexity index is 498. The van der Waals surface area contributed by atoms with Gasteiger partial charge in [-0.2, -0.15) is 11.3 Å². The molecule has 0 fully saturated rings. The maximum Gasteiger partial charge on any atom is 0.211 e. The fraction of sp³-hybridized carbons (Fsp3) is 0. The van der Waals surface area contributed by atoms with Gasteiger partial charge >= 0.3 is 0 Å². The van der Waals surface area contributed by atoms with Gasteiger partial charge in [-0.3, -0.25) is 4.79 Å². The molecule has 0 aliphatic heterocycles. The van der Waals surface area contributed by atoms with Crippen LogP contribution in [0, 0.1) is 0 Å². The summed E-state index contributed by atoms with van der Waals surface area (Å²) in [5, 5.41) is 6.81. The first-order valence-corrected chi connectivity index (χ1v) is 7.05. The molecule has 1 N–H and O–H groups in total. The normalized spacial score (nSPS) is 10.1. The number of thiophene rings is 1. The summed E-state index contributed by atoms with van der Waals surface area (Å²) >= 11 is 6.76. The molecule has 1 amide bonds. The summed E-state index contributed by atoms with van der Waals surface area (Å²) in [5.74, 6) is 0. The van der Waals surface area contributed by atoms with Crippen molar-refractivity contribution in [3.05, 3.63) is 39.5 Å². The second kappa shape index (κ2) is 5.52. The zero-order chi connectivity index (χ0) is 11.4. The minimum absolute atomic E-state index is 0.696. The van der Waals surface area contributed by atoms with Crippen molar-refractivity contribution in [1.29, 1.82) is 0 Å². The van der Waals surface area contributed by atoms with Crippen LogP contribution in [0.4, 0.5) is 5.69 Å². The Morgan fingerprint density at radius 2 is 2.06 bits per heavy atom. The zero-order valence-corrected chi connectivity index (χ0v) is 11.4. The molecule has 0 radical (unpaired) electrons. The molecule has 1 heterocycles. The molecule has 1 aromatic carbocycles. The fourth-order valence-electron chi connectivity index (χ4n) is 1.20. The number of carbonyl (C=O) groups is 1. The Kier molecular flexibility index (Phi) is 4.04. The highest BCUT2D eigenvalue weighted by Crippen LogP contribution is 2.38. The van der Waals surface area contributed by atoms with Crippen molar-refractivity contribution in [1.82, 2.24) is 0 Å². The van der Waals surface area contributed by atoms with Gasteiger partial charge in [-0.05, 0) is 28.1 Å². The van der Waals surface area contributed by atoms with E-state index in [2.05, 4.69) is 26.6 Å². The molecule has 0 aliphatic carbocycles. The van der Waals surface area contributed by atoms with Crippen molar-refractivity contribution in [3.8, 4) is 0 Å². The lowest BCUT2D eigenvalue weighted by atomic mass is 10.3. The average Bonchev–Trinajstić information content (AvgIpc) is 2.68. The lowest BCUT2D eigenvalue weighted by Gasteiger charge is -2.06. The number of amides is 1. The van der Waals surface area contributed by atoms with Crippen molar-refractivity contribution in [2.45, 2.75) is 9.79 Å². The summed E-state index contributed by atoms with van der Waals surface area (Å²) in [7, 11) is 0. The molecular weight excluding hydrogens is 306 g/mol. The van der Waals surface area contributed by atoms with Gasteiger partial charge in [0.25, 0.3) is 0 Å². The van der Waals surface area contributed by atoms with E-state index in [1.807, 2.05) is 29.6 Å². The second-order valence-electron chi connectivity index (χ2n) is 2.94. The van der Waals surface area contributed by atoms with Crippen LogP contribution in [0.3, 0.4) is 0 Å². The van der Waals surface area contributed by atoms with Crippen LogP contribution in [0.15, 0.2) is 49.3 Å². The van der Waals surface area contributed by atoms with Crippen LogP contribution >= 0.6 is 39.0 Å². The zero-order valence-electron chi connectivity index (χ0n) is 8.14. The highest BCUT2D eigenvalue weighted by atomic mass is 79.9. The monoisotopic (exact) mass is 313 g/mol. The lowest BCUT2D eigenvalue weighted by Crippen LogP contribution is -1.94. The van der Waals surface area contributed by atoms with Crippen LogP contribution in [0.5, 0.6) is 0 Å². The Labute approximate surface area is 110 Å². The number of hydrogen-bond acceptors (Lipinski definition) is 3. The van der Waals surface area contributed by atoms with Gasteiger partial charge in [0.1, 0.15) is 0 Å². The Hall–Kier alpha value is -0.780. The lowest BCUT2D eigenvalue weighted by molar-refractivity contribution is -0.105. The Morgan fingerprint density at radius 3 is 2.75 bits per heavy atom. The predicted octanol–water partition coefficient (Wildman–Crippen LogP) is 4.23. The van der Waals surface area contributed by atoms with Crippen LogP contribution in [-0.4, -0.2) is 6.41 Å². The smallest absolute Gasteiger partial charge is 0.211 e. The van der Waals surface area contributed by atoms with Gasteiger partial charge in [0.05, 0.1) is 5.69 Å². The van der Waals surface area contributed by atoms with E-state index in [4.69, 9.17) is 0 Å². The Morgan fingerprint density at radius 1 is 1.25 bits per heavy atom. The molecule has 0 saturated carbocycles. The third kappa shape index (κ3) is 2.66. The van der Waals surface area contributed by atoms with E-state index in [0.717, 1.165) is 20.0 Å². The summed E-state index contributed by atoms with van der Waals surface area (Å²) in [6.45, 7) is 0. The van der Waals surface area contributed by atoms with Crippen molar-refractivity contribution < 1.29 is 4.79 Å². The molecule has 5 heteroatoms. The molecule has 0 aliphatic rings. The first-order chi connectivity index (χ1) is 7.81. The SMILES string of the molecule is O=CNc1ccccc1Sc1cscc1Br. The van der Waals surface area contributed by atoms with Gasteiger partial charge in [-0.1, -0.05) is 23.9 Å². The first-order valence-electron chi connectivity index (χ1n) is 4.50. The predicted molar refractivity (Wildman–Crippen MR) is 72.3 cm³/mol. The molecule has 2 nitrogen and oxygen atoms in total. The van der Waals surface area contributed by atoms with Gasteiger partial charge in [-0.25, -0.2) is 0 Å². The van der Waals surface area contributed by atoms with Crippen LogP contribution in [0.25, 0.3) is 0 Å². The molecule has 2 rings (SSSR count).